The molecule has 1 aliphatic heterocycles. The van der Waals surface area contributed by atoms with E-state index < -0.39 is 0 Å². The highest BCUT2D eigenvalue weighted by Gasteiger charge is 2.72. The van der Waals surface area contributed by atoms with E-state index in [2.05, 4.69) is 53.6 Å². The first-order chi connectivity index (χ1) is 15.4. The van der Waals surface area contributed by atoms with Crippen molar-refractivity contribution in [2.24, 2.45) is 61.3 Å². The highest BCUT2D eigenvalue weighted by Crippen LogP contribution is 2.77. The average molecular weight is 456 g/mol. The third-order valence-corrected chi connectivity index (χ3v) is 14.0. The normalized spacial score (nSPS) is 57.5. The summed E-state index contributed by atoms with van der Waals surface area (Å²) in [5, 5.41) is 13.6. The van der Waals surface area contributed by atoms with Crippen molar-refractivity contribution in [2.75, 3.05) is 6.61 Å². The Bertz CT molecular complexity index is 877. The van der Waals surface area contributed by atoms with E-state index in [0.717, 1.165) is 36.5 Å². The summed E-state index contributed by atoms with van der Waals surface area (Å²) in [7, 11) is 0. The molecule has 0 radical (unpaired) electrons. The molecule has 6 aliphatic rings. The van der Waals surface area contributed by atoms with E-state index in [1.807, 2.05) is 0 Å². The van der Waals surface area contributed by atoms with Crippen LogP contribution in [-0.4, -0.2) is 23.6 Å². The summed E-state index contributed by atoms with van der Waals surface area (Å²) in [6, 6.07) is 0. The van der Waals surface area contributed by atoms with Crippen LogP contribution < -0.4 is 0 Å². The maximum Gasteiger partial charge on any atom is 0.0663 e. The fraction of sp³-hybridized carbons (Fsp3) is 0.967. The van der Waals surface area contributed by atoms with Crippen LogP contribution in [0, 0.1) is 56.2 Å². The zero-order valence-corrected chi connectivity index (χ0v) is 22.5. The number of oxime groups is 1. The molecule has 6 fully saturated rings. The van der Waals surface area contributed by atoms with Crippen LogP contribution in [-0.2, 0) is 4.74 Å². The summed E-state index contributed by atoms with van der Waals surface area (Å²) in [5.41, 5.74) is 3.06. The van der Waals surface area contributed by atoms with Crippen molar-refractivity contribution in [3.63, 3.8) is 0 Å². The quantitative estimate of drug-likeness (QED) is 0.300. The molecule has 3 unspecified atom stereocenters. The van der Waals surface area contributed by atoms with Gasteiger partial charge in [0.1, 0.15) is 0 Å². The molecule has 0 aromatic rings. The van der Waals surface area contributed by atoms with E-state index in [-0.39, 0.29) is 5.41 Å². The predicted octanol–water partition coefficient (Wildman–Crippen LogP) is 7.71. The molecule has 0 spiro atoms. The molecule has 1 heterocycles. The summed E-state index contributed by atoms with van der Waals surface area (Å²) in [4.78, 5) is 0. The number of fused-ring (bicyclic) bond motifs is 5. The van der Waals surface area contributed by atoms with Crippen LogP contribution in [0.3, 0.4) is 0 Å². The van der Waals surface area contributed by atoms with Gasteiger partial charge in [-0.2, -0.15) is 0 Å². The molecule has 1 N–H and O–H groups in total. The summed E-state index contributed by atoms with van der Waals surface area (Å²) in [6.07, 6.45) is 13.6. The summed E-state index contributed by atoms with van der Waals surface area (Å²) in [5.74, 6) is 3.02. The lowest BCUT2D eigenvalue weighted by molar-refractivity contribution is -0.235. The molecule has 6 rings (SSSR count). The van der Waals surface area contributed by atoms with E-state index in [1.54, 1.807) is 0 Å². The molecule has 2 bridgehead atoms. The third-order valence-electron chi connectivity index (χ3n) is 14.0. The summed E-state index contributed by atoms with van der Waals surface area (Å²) < 4.78 is 6.71. The Morgan fingerprint density at radius 2 is 1.52 bits per heavy atom. The Morgan fingerprint density at radius 1 is 0.788 bits per heavy atom. The van der Waals surface area contributed by atoms with E-state index >= 15 is 0 Å². The second kappa shape index (κ2) is 6.60. The molecule has 3 nitrogen and oxygen atoms in total. The van der Waals surface area contributed by atoms with Gasteiger partial charge in [0.15, 0.2) is 0 Å². The molecule has 5 aliphatic carbocycles. The van der Waals surface area contributed by atoms with Crippen LogP contribution in [0.1, 0.15) is 113 Å². The highest BCUT2D eigenvalue weighted by molar-refractivity contribution is 5.90. The minimum atomic E-state index is 0.0117. The lowest BCUT2D eigenvalue weighted by Crippen LogP contribution is -2.67. The van der Waals surface area contributed by atoms with Crippen molar-refractivity contribution < 1.29 is 9.94 Å². The van der Waals surface area contributed by atoms with E-state index in [1.165, 1.54) is 57.8 Å². The van der Waals surface area contributed by atoms with Gasteiger partial charge >= 0.3 is 0 Å². The van der Waals surface area contributed by atoms with Gasteiger partial charge in [-0.1, -0.05) is 53.6 Å². The topological polar surface area (TPSA) is 41.8 Å². The van der Waals surface area contributed by atoms with Gasteiger partial charge in [0.25, 0.3) is 0 Å². The Kier molecular flexibility index (Phi) is 4.57. The van der Waals surface area contributed by atoms with Crippen LogP contribution in [0.25, 0.3) is 0 Å². The Labute approximate surface area is 202 Å². The minimum absolute atomic E-state index is 0.0117. The van der Waals surface area contributed by atoms with Crippen LogP contribution >= 0.6 is 0 Å². The van der Waals surface area contributed by atoms with Gasteiger partial charge in [0, 0.05) is 5.41 Å². The van der Waals surface area contributed by atoms with Gasteiger partial charge in [-0.15, -0.1) is 0 Å². The van der Waals surface area contributed by atoms with Crippen LogP contribution in [0.4, 0.5) is 0 Å². The first-order valence-corrected chi connectivity index (χ1v) is 14.2. The zero-order valence-electron chi connectivity index (χ0n) is 22.5. The Balaban J connectivity index is 1.39. The molecular formula is C30H49NO2. The van der Waals surface area contributed by atoms with Crippen molar-refractivity contribution >= 4 is 5.71 Å². The standard InChI is InChI=1S/C30H49NO2/c1-25(2)14-16-30-17-15-28(6)19(23(30)24(25)33-18-30)8-9-21-27(5)12-11-22(31-32)26(3,4)20(27)10-13-29(21,28)7/h19-21,23-24,32H,8-18H2,1-7H3/b31-22+/t19?,20?,21?,23-,24+,27-,28+,29+,30+/m0/s1. The third kappa shape index (κ3) is 2.54. The van der Waals surface area contributed by atoms with Gasteiger partial charge in [-0.3, -0.25) is 0 Å². The molecule has 0 amide bonds. The van der Waals surface area contributed by atoms with Crippen molar-refractivity contribution in [3.8, 4) is 0 Å². The van der Waals surface area contributed by atoms with Gasteiger partial charge in [0.2, 0.25) is 0 Å². The van der Waals surface area contributed by atoms with Gasteiger partial charge < -0.3 is 9.94 Å². The van der Waals surface area contributed by atoms with Gasteiger partial charge in [-0.05, 0) is 115 Å². The molecule has 186 valence electrons. The lowest BCUT2D eigenvalue weighted by atomic mass is 9.31. The van der Waals surface area contributed by atoms with Gasteiger partial charge in [0.05, 0.1) is 18.4 Å². The Hall–Kier alpha value is -0.570. The number of hydrogen-bond donors (Lipinski definition) is 1. The number of ether oxygens (including phenoxy) is 1. The SMILES string of the molecule is CC1(C)/C(=N/O)CC[C@@]2(C)C1CC[C@]1(C)C2CCC2[C@H]3[C@H]4OC[C@@]3(CCC4(C)C)CC[C@]21C. The molecule has 3 heteroatoms. The van der Waals surface area contributed by atoms with Crippen molar-refractivity contribution in [2.45, 2.75) is 119 Å². The van der Waals surface area contributed by atoms with Gasteiger partial charge in [-0.25, -0.2) is 0 Å². The molecule has 9 atom stereocenters. The molecule has 1 saturated heterocycles. The minimum Gasteiger partial charge on any atom is -0.411 e. The average Bonchev–Trinajstić information content (AvgIpc) is 3.07. The molecule has 0 aromatic heterocycles. The molecule has 0 aromatic carbocycles. The second-order valence-electron chi connectivity index (χ2n) is 15.5. The fourth-order valence-electron chi connectivity index (χ4n) is 12.0. The number of rotatable bonds is 0. The van der Waals surface area contributed by atoms with Crippen molar-refractivity contribution in [1.29, 1.82) is 0 Å². The zero-order chi connectivity index (χ0) is 23.7. The number of nitrogens with zero attached hydrogens (tertiary/aromatic N) is 1. The maximum absolute atomic E-state index is 9.76. The predicted molar refractivity (Wildman–Crippen MR) is 133 cm³/mol. The maximum atomic E-state index is 9.76. The van der Waals surface area contributed by atoms with E-state index in [4.69, 9.17) is 4.74 Å². The van der Waals surface area contributed by atoms with E-state index in [0.29, 0.717) is 39.1 Å². The summed E-state index contributed by atoms with van der Waals surface area (Å²) in [6.45, 7) is 18.8. The monoisotopic (exact) mass is 455 g/mol. The smallest absolute Gasteiger partial charge is 0.0663 e. The largest absolute Gasteiger partial charge is 0.411 e. The summed E-state index contributed by atoms with van der Waals surface area (Å²) >= 11 is 0. The van der Waals surface area contributed by atoms with Crippen LogP contribution in [0.2, 0.25) is 0 Å². The van der Waals surface area contributed by atoms with Crippen molar-refractivity contribution in [1.82, 2.24) is 0 Å². The van der Waals surface area contributed by atoms with Crippen molar-refractivity contribution in [3.05, 3.63) is 0 Å². The van der Waals surface area contributed by atoms with Crippen LogP contribution in [0.5, 0.6) is 0 Å². The first kappa shape index (κ1) is 22.9. The first-order valence-electron chi connectivity index (χ1n) is 14.2. The van der Waals surface area contributed by atoms with E-state index in [9.17, 15) is 5.21 Å². The second-order valence-corrected chi connectivity index (χ2v) is 15.5. The Morgan fingerprint density at radius 3 is 2.24 bits per heavy atom. The fourth-order valence-corrected chi connectivity index (χ4v) is 12.0. The molecular weight excluding hydrogens is 406 g/mol. The highest BCUT2D eigenvalue weighted by atomic mass is 16.5. The lowest BCUT2D eigenvalue weighted by Gasteiger charge is -2.73. The molecule has 5 saturated carbocycles. The van der Waals surface area contributed by atoms with Crippen LogP contribution in [0.15, 0.2) is 5.16 Å². The number of hydrogen-bond acceptors (Lipinski definition) is 3. The molecule has 33 heavy (non-hydrogen) atoms.